The maximum atomic E-state index is 13.4. The fourth-order valence-electron chi connectivity index (χ4n) is 2.41. The van der Waals surface area contributed by atoms with Crippen molar-refractivity contribution in [2.24, 2.45) is 0 Å². The Morgan fingerprint density at radius 2 is 1.95 bits per heavy atom. The Kier molecular flexibility index (Phi) is 4.17. The molecule has 0 spiro atoms. The minimum atomic E-state index is -0.545. The third-order valence-corrected chi connectivity index (χ3v) is 3.73. The molecule has 2 atom stereocenters. The molecule has 0 radical (unpaired) electrons. The molecule has 1 heterocycles. The predicted molar refractivity (Wildman–Crippen MR) is 70.8 cm³/mol. The lowest BCUT2D eigenvalue weighted by Crippen LogP contribution is -2.29. The largest absolute Gasteiger partial charge is 0.488 e. The van der Waals surface area contributed by atoms with Gasteiger partial charge < -0.3 is 14.8 Å². The van der Waals surface area contributed by atoms with Gasteiger partial charge in [0.25, 0.3) is 0 Å². The van der Waals surface area contributed by atoms with Gasteiger partial charge in [0.1, 0.15) is 12.4 Å². The summed E-state index contributed by atoms with van der Waals surface area (Å²) in [6, 6.07) is 3.89. The fourth-order valence-corrected chi connectivity index (χ4v) is 2.41. The van der Waals surface area contributed by atoms with Gasteiger partial charge >= 0.3 is 0 Å². The third-order valence-electron chi connectivity index (χ3n) is 3.73. The molecular formula is C15H19F2NO2. The van der Waals surface area contributed by atoms with Crippen molar-refractivity contribution < 1.29 is 18.3 Å². The van der Waals surface area contributed by atoms with Crippen molar-refractivity contribution in [2.75, 3.05) is 13.2 Å². The summed E-state index contributed by atoms with van der Waals surface area (Å²) in [7, 11) is 0. The molecule has 5 heteroatoms. The summed E-state index contributed by atoms with van der Waals surface area (Å²) in [5.74, 6) is -1.09. The van der Waals surface area contributed by atoms with Crippen LogP contribution in [0.5, 0.6) is 5.75 Å². The Labute approximate surface area is 117 Å². The number of rotatable bonds is 6. The topological polar surface area (TPSA) is 30.5 Å². The maximum absolute atomic E-state index is 13.4. The first kappa shape index (κ1) is 13.8. The zero-order valence-electron chi connectivity index (χ0n) is 11.3. The maximum Gasteiger partial charge on any atom is 0.165 e. The molecule has 1 saturated heterocycles. The quantitative estimate of drug-likeness (QED) is 0.870. The highest BCUT2D eigenvalue weighted by atomic mass is 19.1. The highest BCUT2D eigenvalue weighted by Gasteiger charge is 2.28. The van der Waals surface area contributed by atoms with E-state index in [1.165, 1.54) is 12.8 Å². The molecule has 20 heavy (non-hydrogen) atoms. The Bertz CT molecular complexity index is 465. The summed E-state index contributed by atoms with van der Waals surface area (Å²) in [4.78, 5) is 0. The molecule has 0 aromatic heterocycles. The van der Waals surface area contributed by atoms with Gasteiger partial charge in [-0.2, -0.15) is 0 Å². The molecule has 1 saturated carbocycles. The van der Waals surface area contributed by atoms with E-state index in [1.807, 2.05) is 0 Å². The highest BCUT2D eigenvalue weighted by Crippen LogP contribution is 2.24. The molecule has 1 aliphatic carbocycles. The minimum Gasteiger partial charge on any atom is -0.488 e. The van der Waals surface area contributed by atoms with Gasteiger partial charge in [-0.25, -0.2) is 8.78 Å². The van der Waals surface area contributed by atoms with Gasteiger partial charge in [-0.1, -0.05) is 0 Å². The third kappa shape index (κ3) is 3.67. The molecular weight excluding hydrogens is 264 g/mol. The fraction of sp³-hybridized carbons (Fsp3) is 0.600. The van der Waals surface area contributed by atoms with Gasteiger partial charge in [-0.15, -0.1) is 0 Å². The number of hydrogen-bond acceptors (Lipinski definition) is 3. The smallest absolute Gasteiger partial charge is 0.165 e. The lowest BCUT2D eigenvalue weighted by molar-refractivity contribution is 0.0176. The average molecular weight is 283 g/mol. The van der Waals surface area contributed by atoms with Gasteiger partial charge in [0.15, 0.2) is 11.6 Å². The van der Waals surface area contributed by atoms with E-state index in [4.69, 9.17) is 9.47 Å². The number of nitrogens with one attached hydrogen (secondary N) is 1. The standard InChI is InChI=1S/C15H19F2NO2/c16-10-1-6-14(17)15(7-10)19-9-13-5-4-12(20-13)8-18-11-2-3-11/h1,6-7,11-13,18H,2-5,8-9H2. The van der Waals surface area contributed by atoms with Gasteiger partial charge in [-0.05, 0) is 37.8 Å². The zero-order valence-corrected chi connectivity index (χ0v) is 11.3. The van der Waals surface area contributed by atoms with Crippen molar-refractivity contribution in [3.05, 3.63) is 29.8 Å². The first-order valence-corrected chi connectivity index (χ1v) is 7.17. The normalized spacial score (nSPS) is 25.9. The molecule has 3 nitrogen and oxygen atoms in total. The van der Waals surface area contributed by atoms with Crippen LogP contribution in [0.25, 0.3) is 0 Å². The van der Waals surface area contributed by atoms with Gasteiger partial charge in [0.05, 0.1) is 12.2 Å². The van der Waals surface area contributed by atoms with Crippen molar-refractivity contribution in [1.82, 2.24) is 5.32 Å². The van der Waals surface area contributed by atoms with E-state index in [0.29, 0.717) is 6.04 Å². The van der Waals surface area contributed by atoms with Gasteiger partial charge in [-0.3, -0.25) is 0 Å². The van der Waals surface area contributed by atoms with Crippen LogP contribution in [0.1, 0.15) is 25.7 Å². The summed E-state index contributed by atoms with van der Waals surface area (Å²) in [5, 5.41) is 3.43. The second kappa shape index (κ2) is 6.06. The molecule has 1 aliphatic heterocycles. The van der Waals surface area contributed by atoms with Crippen LogP contribution in [0.4, 0.5) is 8.78 Å². The van der Waals surface area contributed by atoms with Crippen LogP contribution in [-0.2, 0) is 4.74 Å². The van der Waals surface area contributed by atoms with Crippen LogP contribution >= 0.6 is 0 Å². The average Bonchev–Trinajstić information content (AvgIpc) is 3.16. The summed E-state index contributed by atoms with van der Waals surface area (Å²) in [5.41, 5.74) is 0. The molecule has 110 valence electrons. The number of halogens is 2. The Morgan fingerprint density at radius 1 is 1.15 bits per heavy atom. The molecule has 2 fully saturated rings. The van der Waals surface area contributed by atoms with Crippen molar-refractivity contribution in [1.29, 1.82) is 0 Å². The SMILES string of the molecule is Fc1ccc(F)c(OCC2CCC(CNC3CC3)O2)c1. The molecule has 0 bridgehead atoms. The van der Waals surface area contributed by atoms with E-state index in [2.05, 4.69) is 5.32 Å². The van der Waals surface area contributed by atoms with Crippen LogP contribution in [0, 0.1) is 11.6 Å². The summed E-state index contributed by atoms with van der Waals surface area (Å²) in [6.45, 7) is 1.13. The zero-order chi connectivity index (χ0) is 13.9. The van der Waals surface area contributed by atoms with E-state index in [1.54, 1.807) is 0 Å². The molecule has 0 amide bonds. The second-order valence-electron chi connectivity index (χ2n) is 5.53. The van der Waals surface area contributed by atoms with E-state index in [9.17, 15) is 8.78 Å². The van der Waals surface area contributed by atoms with Crippen LogP contribution in [0.3, 0.4) is 0 Å². The van der Waals surface area contributed by atoms with Gasteiger partial charge in [0.2, 0.25) is 0 Å². The van der Waals surface area contributed by atoms with E-state index in [-0.39, 0.29) is 24.6 Å². The molecule has 2 aliphatic rings. The van der Waals surface area contributed by atoms with Crippen molar-refractivity contribution in [2.45, 2.75) is 43.9 Å². The predicted octanol–water partition coefficient (Wildman–Crippen LogP) is 2.64. The first-order chi connectivity index (χ1) is 9.70. The van der Waals surface area contributed by atoms with Crippen molar-refractivity contribution in [3.63, 3.8) is 0 Å². The Hall–Kier alpha value is -1.20. The molecule has 1 aromatic rings. The Morgan fingerprint density at radius 3 is 2.75 bits per heavy atom. The van der Waals surface area contributed by atoms with Crippen LogP contribution in [0.2, 0.25) is 0 Å². The van der Waals surface area contributed by atoms with Crippen molar-refractivity contribution in [3.8, 4) is 5.75 Å². The number of ether oxygens (including phenoxy) is 2. The van der Waals surface area contributed by atoms with E-state index >= 15 is 0 Å². The van der Waals surface area contributed by atoms with Crippen LogP contribution in [0.15, 0.2) is 18.2 Å². The van der Waals surface area contributed by atoms with Crippen LogP contribution < -0.4 is 10.1 Å². The second-order valence-corrected chi connectivity index (χ2v) is 5.53. The first-order valence-electron chi connectivity index (χ1n) is 7.17. The van der Waals surface area contributed by atoms with E-state index in [0.717, 1.165) is 37.6 Å². The summed E-state index contributed by atoms with van der Waals surface area (Å²) in [6.07, 6.45) is 4.58. The van der Waals surface area contributed by atoms with E-state index < -0.39 is 11.6 Å². The molecule has 3 rings (SSSR count). The minimum absolute atomic E-state index is 0.0383. The lowest BCUT2D eigenvalue weighted by Gasteiger charge is -2.15. The highest BCUT2D eigenvalue weighted by molar-refractivity contribution is 5.24. The van der Waals surface area contributed by atoms with Crippen LogP contribution in [-0.4, -0.2) is 31.4 Å². The lowest BCUT2D eigenvalue weighted by atomic mass is 10.2. The van der Waals surface area contributed by atoms with Gasteiger partial charge in [0, 0.05) is 18.7 Å². The number of benzene rings is 1. The molecule has 1 N–H and O–H groups in total. The summed E-state index contributed by atoms with van der Waals surface area (Å²) >= 11 is 0. The summed E-state index contributed by atoms with van der Waals surface area (Å²) < 4.78 is 37.6. The monoisotopic (exact) mass is 283 g/mol. The molecule has 2 unspecified atom stereocenters. The van der Waals surface area contributed by atoms with Crippen molar-refractivity contribution >= 4 is 0 Å². The molecule has 1 aromatic carbocycles. The Balaban J connectivity index is 1.43. The number of hydrogen-bond donors (Lipinski definition) is 1.